The van der Waals surface area contributed by atoms with Crippen molar-refractivity contribution < 1.29 is 4.74 Å². The van der Waals surface area contributed by atoms with Crippen LogP contribution >= 0.6 is 0 Å². The van der Waals surface area contributed by atoms with Gasteiger partial charge in [-0.3, -0.25) is 0 Å². The van der Waals surface area contributed by atoms with Gasteiger partial charge >= 0.3 is 0 Å². The fourth-order valence-corrected chi connectivity index (χ4v) is 2.10. The van der Waals surface area contributed by atoms with Crippen molar-refractivity contribution in [2.75, 3.05) is 5.73 Å². The Morgan fingerprint density at radius 3 is 2.65 bits per heavy atom. The Balaban J connectivity index is 2.04. The van der Waals surface area contributed by atoms with Gasteiger partial charge in [0.15, 0.2) is 0 Å². The summed E-state index contributed by atoms with van der Waals surface area (Å²) >= 11 is 0. The van der Waals surface area contributed by atoms with E-state index in [1.54, 1.807) is 12.3 Å². The molecule has 0 unspecified atom stereocenters. The first-order valence-corrected chi connectivity index (χ1v) is 6.55. The predicted octanol–water partition coefficient (Wildman–Crippen LogP) is 3.57. The average molecular weight is 265 g/mol. The molecule has 2 N–H and O–H groups in total. The number of fused-ring (bicyclic) bond motifs is 1. The van der Waals surface area contributed by atoms with E-state index in [4.69, 9.17) is 10.5 Å². The van der Waals surface area contributed by atoms with Crippen molar-refractivity contribution in [2.45, 2.75) is 13.3 Å². The molecule has 3 aromatic rings. The summed E-state index contributed by atoms with van der Waals surface area (Å²) in [5.41, 5.74) is 6.72. The maximum Gasteiger partial charge on any atom is 0.222 e. The fraction of sp³-hybridized carbons (Fsp3) is 0.125. The molecule has 0 spiro atoms. The third kappa shape index (κ3) is 2.28. The number of hydrogen-bond acceptors (Lipinski definition) is 4. The van der Waals surface area contributed by atoms with E-state index in [0.29, 0.717) is 5.88 Å². The summed E-state index contributed by atoms with van der Waals surface area (Å²) < 4.78 is 5.88. The molecule has 0 amide bonds. The molecule has 1 aromatic heterocycles. The zero-order chi connectivity index (χ0) is 13.9. The first-order chi connectivity index (χ1) is 9.78. The summed E-state index contributed by atoms with van der Waals surface area (Å²) in [6, 6.07) is 13.4. The monoisotopic (exact) mass is 265 g/mol. The highest BCUT2D eigenvalue weighted by atomic mass is 16.5. The molecular formula is C16H15N3O. The van der Waals surface area contributed by atoms with E-state index >= 15 is 0 Å². The van der Waals surface area contributed by atoms with E-state index in [2.05, 4.69) is 9.97 Å². The quantitative estimate of drug-likeness (QED) is 0.735. The summed E-state index contributed by atoms with van der Waals surface area (Å²) in [6.07, 6.45) is 2.49. The Labute approximate surface area is 117 Å². The summed E-state index contributed by atoms with van der Waals surface area (Å²) in [5, 5.41) is 1.96. The Hall–Kier alpha value is -2.62. The van der Waals surface area contributed by atoms with Crippen LogP contribution in [0, 0.1) is 0 Å². The molecule has 4 nitrogen and oxygen atoms in total. The molecule has 1 heterocycles. The Morgan fingerprint density at radius 2 is 1.85 bits per heavy atom. The van der Waals surface area contributed by atoms with Gasteiger partial charge in [0.05, 0.1) is 0 Å². The Morgan fingerprint density at radius 1 is 1.05 bits per heavy atom. The molecule has 3 rings (SSSR count). The highest BCUT2D eigenvalue weighted by Crippen LogP contribution is 2.32. The summed E-state index contributed by atoms with van der Waals surface area (Å²) in [5.74, 6) is 2.06. The lowest BCUT2D eigenvalue weighted by Crippen LogP contribution is -1.96. The van der Waals surface area contributed by atoms with Gasteiger partial charge in [0.1, 0.15) is 11.6 Å². The van der Waals surface area contributed by atoms with Crippen molar-refractivity contribution in [1.29, 1.82) is 0 Å². The minimum absolute atomic E-state index is 0.548. The second kappa shape index (κ2) is 5.17. The van der Waals surface area contributed by atoms with Crippen LogP contribution < -0.4 is 10.5 Å². The van der Waals surface area contributed by atoms with Gasteiger partial charge in [-0.05, 0) is 12.1 Å². The number of rotatable bonds is 3. The molecule has 20 heavy (non-hydrogen) atoms. The van der Waals surface area contributed by atoms with E-state index in [1.165, 1.54) is 0 Å². The van der Waals surface area contributed by atoms with Crippen LogP contribution in [-0.4, -0.2) is 9.97 Å². The van der Waals surface area contributed by atoms with Gasteiger partial charge in [-0.1, -0.05) is 31.2 Å². The molecule has 0 aliphatic carbocycles. The molecule has 0 saturated heterocycles. The number of aryl methyl sites for hydroxylation is 1. The lowest BCUT2D eigenvalue weighted by atomic mass is 10.1. The summed E-state index contributed by atoms with van der Waals surface area (Å²) in [7, 11) is 0. The molecular weight excluding hydrogens is 250 g/mol. The Bertz CT molecular complexity index is 756. The summed E-state index contributed by atoms with van der Waals surface area (Å²) in [6.45, 7) is 2.01. The van der Waals surface area contributed by atoms with Crippen LogP contribution in [0.1, 0.15) is 12.7 Å². The van der Waals surface area contributed by atoms with Crippen LogP contribution in [0.3, 0.4) is 0 Å². The highest BCUT2D eigenvalue weighted by Gasteiger charge is 2.07. The molecule has 100 valence electrons. The maximum absolute atomic E-state index is 5.98. The smallest absolute Gasteiger partial charge is 0.222 e. The van der Waals surface area contributed by atoms with E-state index in [1.807, 2.05) is 43.3 Å². The van der Waals surface area contributed by atoms with Crippen LogP contribution in [0.15, 0.2) is 48.7 Å². The third-order valence-electron chi connectivity index (χ3n) is 3.13. The average Bonchev–Trinajstić information content (AvgIpc) is 2.51. The zero-order valence-electron chi connectivity index (χ0n) is 11.2. The zero-order valence-corrected chi connectivity index (χ0v) is 11.2. The molecule has 2 aromatic carbocycles. The van der Waals surface area contributed by atoms with Crippen molar-refractivity contribution >= 4 is 16.5 Å². The molecule has 4 heteroatoms. The second-order valence-electron chi connectivity index (χ2n) is 4.47. The number of aromatic nitrogens is 2. The van der Waals surface area contributed by atoms with E-state index < -0.39 is 0 Å². The van der Waals surface area contributed by atoms with Crippen LogP contribution in [0.2, 0.25) is 0 Å². The van der Waals surface area contributed by atoms with Crippen molar-refractivity contribution in [3.05, 3.63) is 54.5 Å². The molecule has 0 aliphatic heterocycles. The number of ether oxygens (including phenoxy) is 1. The predicted molar refractivity (Wildman–Crippen MR) is 79.8 cm³/mol. The SMILES string of the molecule is CCc1nccc(Oc2ccc(N)c3ccccc23)n1. The second-order valence-corrected chi connectivity index (χ2v) is 4.47. The van der Waals surface area contributed by atoms with Crippen LogP contribution in [-0.2, 0) is 6.42 Å². The van der Waals surface area contributed by atoms with Gasteiger partial charge in [-0.2, -0.15) is 4.98 Å². The van der Waals surface area contributed by atoms with Crippen LogP contribution in [0.5, 0.6) is 11.6 Å². The first kappa shape index (κ1) is 12.4. The normalized spacial score (nSPS) is 10.7. The largest absolute Gasteiger partial charge is 0.438 e. The molecule has 0 radical (unpaired) electrons. The van der Waals surface area contributed by atoms with Crippen molar-refractivity contribution in [3.63, 3.8) is 0 Å². The van der Waals surface area contributed by atoms with Crippen molar-refractivity contribution in [3.8, 4) is 11.6 Å². The van der Waals surface area contributed by atoms with Gasteiger partial charge in [0.25, 0.3) is 0 Å². The number of nitrogens with zero attached hydrogens (tertiary/aromatic N) is 2. The number of hydrogen-bond donors (Lipinski definition) is 1. The van der Waals surface area contributed by atoms with Gasteiger partial charge in [-0.15, -0.1) is 0 Å². The Kier molecular flexibility index (Phi) is 3.21. The maximum atomic E-state index is 5.98. The van der Waals surface area contributed by atoms with Gasteiger partial charge in [0.2, 0.25) is 5.88 Å². The van der Waals surface area contributed by atoms with E-state index in [-0.39, 0.29) is 0 Å². The summed E-state index contributed by atoms with van der Waals surface area (Å²) in [4.78, 5) is 8.52. The highest BCUT2D eigenvalue weighted by molar-refractivity contribution is 5.97. The van der Waals surface area contributed by atoms with Gasteiger partial charge in [0, 0.05) is 35.1 Å². The topological polar surface area (TPSA) is 61.0 Å². The van der Waals surface area contributed by atoms with Crippen LogP contribution in [0.25, 0.3) is 10.8 Å². The number of benzene rings is 2. The molecule has 0 aliphatic rings. The standard InChI is InChI=1S/C16H15N3O/c1-2-15-18-10-9-16(19-15)20-14-8-7-13(17)11-5-3-4-6-12(11)14/h3-10H,2,17H2,1H3. The fourth-order valence-electron chi connectivity index (χ4n) is 2.10. The lowest BCUT2D eigenvalue weighted by molar-refractivity contribution is 0.464. The molecule has 0 saturated carbocycles. The van der Waals surface area contributed by atoms with Gasteiger partial charge < -0.3 is 10.5 Å². The lowest BCUT2D eigenvalue weighted by Gasteiger charge is -2.10. The van der Waals surface area contributed by atoms with Crippen molar-refractivity contribution in [1.82, 2.24) is 9.97 Å². The number of nitrogen functional groups attached to an aromatic ring is 1. The third-order valence-corrected chi connectivity index (χ3v) is 3.13. The molecule has 0 bridgehead atoms. The molecule has 0 atom stereocenters. The minimum Gasteiger partial charge on any atom is -0.438 e. The van der Waals surface area contributed by atoms with E-state index in [9.17, 15) is 0 Å². The van der Waals surface area contributed by atoms with Gasteiger partial charge in [-0.25, -0.2) is 4.98 Å². The van der Waals surface area contributed by atoms with E-state index in [0.717, 1.165) is 34.5 Å². The molecule has 0 fully saturated rings. The minimum atomic E-state index is 0.548. The van der Waals surface area contributed by atoms with Crippen molar-refractivity contribution in [2.24, 2.45) is 0 Å². The number of anilines is 1. The first-order valence-electron chi connectivity index (χ1n) is 6.55. The number of nitrogens with two attached hydrogens (primary N) is 1. The van der Waals surface area contributed by atoms with Crippen LogP contribution in [0.4, 0.5) is 5.69 Å².